The second kappa shape index (κ2) is 1.45. The molecule has 52 valence electrons. The Kier molecular flexibility index (Phi) is 0.966. The highest BCUT2D eigenvalue weighted by molar-refractivity contribution is 7.91. The molecule has 0 bridgehead atoms. The van der Waals surface area contributed by atoms with Crippen LogP contribution in [0.5, 0.6) is 0 Å². The Labute approximate surface area is 59.1 Å². The van der Waals surface area contributed by atoms with Crippen molar-refractivity contribution in [3.8, 4) is 0 Å². The first-order valence-corrected chi connectivity index (χ1v) is 5.20. The van der Waals surface area contributed by atoms with E-state index >= 15 is 0 Å². The SMILES string of the molecule is O=S1(=O)C[C@@H]2C(Cl)[C@@H]2C1. The lowest BCUT2D eigenvalue weighted by Crippen LogP contribution is -2.09. The topological polar surface area (TPSA) is 34.1 Å². The van der Waals surface area contributed by atoms with E-state index in [0.717, 1.165) is 0 Å². The minimum atomic E-state index is -2.66. The molecule has 0 aromatic heterocycles. The van der Waals surface area contributed by atoms with Gasteiger partial charge in [0.1, 0.15) is 0 Å². The summed E-state index contributed by atoms with van der Waals surface area (Å²) in [5.74, 6) is 1.28. The third kappa shape index (κ3) is 0.783. The molecular weight excluding hydrogens is 160 g/mol. The number of hydrogen-bond acceptors (Lipinski definition) is 2. The molecule has 1 heterocycles. The van der Waals surface area contributed by atoms with Crippen LogP contribution in [0.15, 0.2) is 0 Å². The Morgan fingerprint density at radius 2 is 1.67 bits per heavy atom. The molecular formula is C5H7ClO2S. The summed E-state index contributed by atoms with van der Waals surface area (Å²) in [5, 5.41) is 0.175. The van der Waals surface area contributed by atoms with E-state index in [1.165, 1.54) is 0 Å². The van der Waals surface area contributed by atoms with Crippen LogP contribution in [0.3, 0.4) is 0 Å². The van der Waals surface area contributed by atoms with Gasteiger partial charge in [-0.2, -0.15) is 0 Å². The maximum Gasteiger partial charge on any atom is 0.150 e. The number of halogens is 1. The van der Waals surface area contributed by atoms with Gasteiger partial charge in [0.2, 0.25) is 0 Å². The fourth-order valence-electron chi connectivity index (χ4n) is 1.48. The van der Waals surface area contributed by atoms with Crippen LogP contribution < -0.4 is 0 Å². The summed E-state index contributed by atoms with van der Waals surface area (Å²) in [6, 6.07) is 0. The quantitative estimate of drug-likeness (QED) is 0.484. The Balaban J connectivity index is 2.21. The molecule has 0 amide bonds. The number of fused-ring (bicyclic) bond motifs is 1. The fraction of sp³-hybridized carbons (Fsp3) is 1.00. The number of hydrogen-bond donors (Lipinski definition) is 0. The molecule has 1 aliphatic heterocycles. The van der Waals surface area contributed by atoms with Crippen molar-refractivity contribution in [3.05, 3.63) is 0 Å². The van der Waals surface area contributed by atoms with E-state index in [4.69, 9.17) is 11.6 Å². The van der Waals surface area contributed by atoms with Gasteiger partial charge in [-0.25, -0.2) is 8.42 Å². The standard InChI is InChI=1S/C5H7ClO2S/c6-5-3-1-9(7,8)2-4(3)5/h3-5H,1-2H2/t3-,4+,5?. The van der Waals surface area contributed by atoms with Gasteiger partial charge >= 0.3 is 0 Å². The van der Waals surface area contributed by atoms with Crippen molar-refractivity contribution in [1.29, 1.82) is 0 Å². The van der Waals surface area contributed by atoms with E-state index in [0.29, 0.717) is 23.3 Å². The van der Waals surface area contributed by atoms with Crippen LogP contribution in [-0.4, -0.2) is 25.3 Å². The highest BCUT2D eigenvalue weighted by Crippen LogP contribution is 2.50. The molecule has 2 rings (SSSR count). The molecule has 1 saturated carbocycles. The van der Waals surface area contributed by atoms with Crippen LogP contribution in [-0.2, 0) is 9.84 Å². The van der Waals surface area contributed by atoms with Crippen LogP contribution >= 0.6 is 11.6 Å². The van der Waals surface area contributed by atoms with Gasteiger partial charge in [-0.15, -0.1) is 11.6 Å². The van der Waals surface area contributed by atoms with Crippen molar-refractivity contribution in [1.82, 2.24) is 0 Å². The van der Waals surface area contributed by atoms with Crippen LogP contribution in [0.4, 0.5) is 0 Å². The third-order valence-electron chi connectivity index (χ3n) is 2.12. The third-order valence-corrected chi connectivity index (χ3v) is 4.55. The van der Waals surface area contributed by atoms with Gasteiger partial charge in [0.15, 0.2) is 9.84 Å². The van der Waals surface area contributed by atoms with Crippen LogP contribution in [0, 0.1) is 11.8 Å². The summed E-state index contributed by atoms with van der Waals surface area (Å²) in [5.41, 5.74) is 0. The van der Waals surface area contributed by atoms with Crippen molar-refractivity contribution >= 4 is 21.4 Å². The minimum Gasteiger partial charge on any atom is -0.229 e. The maximum atomic E-state index is 10.8. The van der Waals surface area contributed by atoms with E-state index in [1.54, 1.807) is 0 Å². The van der Waals surface area contributed by atoms with Crippen LogP contribution in [0.1, 0.15) is 0 Å². The first-order chi connectivity index (χ1) is 4.10. The molecule has 0 spiro atoms. The first kappa shape index (κ1) is 5.98. The second-order valence-electron chi connectivity index (χ2n) is 2.85. The summed E-state index contributed by atoms with van der Waals surface area (Å²) in [6.45, 7) is 0. The molecule has 4 heteroatoms. The Morgan fingerprint density at radius 1 is 1.22 bits per heavy atom. The molecule has 2 nitrogen and oxygen atoms in total. The summed E-state index contributed by atoms with van der Waals surface area (Å²) in [4.78, 5) is 0. The van der Waals surface area contributed by atoms with Gasteiger partial charge in [0, 0.05) is 5.38 Å². The van der Waals surface area contributed by atoms with Crippen molar-refractivity contribution < 1.29 is 8.42 Å². The molecule has 1 unspecified atom stereocenters. The predicted molar refractivity (Wildman–Crippen MR) is 35.3 cm³/mol. The Bertz CT molecular complexity index is 215. The van der Waals surface area contributed by atoms with Gasteiger partial charge in [0.25, 0.3) is 0 Å². The van der Waals surface area contributed by atoms with Gasteiger partial charge in [-0.1, -0.05) is 0 Å². The largest absolute Gasteiger partial charge is 0.229 e. The number of alkyl halides is 1. The molecule has 3 atom stereocenters. The van der Waals surface area contributed by atoms with Crippen molar-refractivity contribution in [3.63, 3.8) is 0 Å². The molecule has 2 fully saturated rings. The predicted octanol–water partition coefficient (Wildman–Crippen LogP) is 0.268. The van der Waals surface area contributed by atoms with Crippen molar-refractivity contribution in [2.75, 3.05) is 11.5 Å². The van der Waals surface area contributed by atoms with Gasteiger partial charge in [-0.3, -0.25) is 0 Å². The molecule has 1 aliphatic carbocycles. The zero-order valence-electron chi connectivity index (χ0n) is 4.75. The molecule has 0 aromatic rings. The van der Waals surface area contributed by atoms with Gasteiger partial charge in [-0.05, 0) is 11.8 Å². The molecule has 1 saturated heterocycles. The highest BCUT2D eigenvalue weighted by Gasteiger charge is 2.57. The summed E-state index contributed by atoms with van der Waals surface area (Å²) in [6.07, 6.45) is 0. The van der Waals surface area contributed by atoms with Crippen LogP contribution in [0.25, 0.3) is 0 Å². The zero-order chi connectivity index (χ0) is 6.65. The molecule has 0 radical (unpaired) electrons. The monoisotopic (exact) mass is 166 g/mol. The lowest BCUT2D eigenvalue weighted by atomic mass is 10.4. The average molecular weight is 167 g/mol. The zero-order valence-corrected chi connectivity index (χ0v) is 6.32. The summed E-state index contributed by atoms with van der Waals surface area (Å²) < 4.78 is 21.5. The normalized spacial score (nSPS) is 52.8. The smallest absolute Gasteiger partial charge is 0.150 e. The molecule has 2 aliphatic rings. The molecule has 0 aromatic carbocycles. The van der Waals surface area contributed by atoms with Crippen molar-refractivity contribution in [2.24, 2.45) is 11.8 Å². The minimum absolute atomic E-state index is 0.175. The average Bonchev–Trinajstić information content (AvgIpc) is 2.26. The van der Waals surface area contributed by atoms with Gasteiger partial charge < -0.3 is 0 Å². The first-order valence-electron chi connectivity index (χ1n) is 2.95. The van der Waals surface area contributed by atoms with E-state index in [2.05, 4.69) is 0 Å². The maximum absolute atomic E-state index is 10.8. The lowest BCUT2D eigenvalue weighted by molar-refractivity contribution is 0.598. The fourth-order valence-corrected chi connectivity index (χ4v) is 4.38. The van der Waals surface area contributed by atoms with E-state index in [1.807, 2.05) is 0 Å². The van der Waals surface area contributed by atoms with Crippen molar-refractivity contribution in [2.45, 2.75) is 5.38 Å². The molecule has 0 N–H and O–H groups in total. The van der Waals surface area contributed by atoms with E-state index in [-0.39, 0.29) is 5.38 Å². The number of rotatable bonds is 0. The highest BCUT2D eigenvalue weighted by atomic mass is 35.5. The Hall–Kier alpha value is 0.240. The Morgan fingerprint density at radius 3 is 2.00 bits per heavy atom. The van der Waals surface area contributed by atoms with E-state index < -0.39 is 9.84 Å². The number of sulfone groups is 1. The van der Waals surface area contributed by atoms with Gasteiger partial charge in [0.05, 0.1) is 11.5 Å². The van der Waals surface area contributed by atoms with Crippen LogP contribution in [0.2, 0.25) is 0 Å². The lowest BCUT2D eigenvalue weighted by Gasteiger charge is -1.93. The molecule has 9 heavy (non-hydrogen) atoms. The summed E-state index contributed by atoms with van der Waals surface area (Å²) in [7, 11) is -2.66. The second-order valence-corrected chi connectivity index (χ2v) is 5.51. The van der Waals surface area contributed by atoms with E-state index in [9.17, 15) is 8.42 Å². The summed E-state index contributed by atoms with van der Waals surface area (Å²) >= 11 is 5.72.